The van der Waals surface area contributed by atoms with Crippen molar-refractivity contribution in [2.45, 2.75) is 31.7 Å². The summed E-state index contributed by atoms with van der Waals surface area (Å²) < 4.78 is 5.22. The van der Waals surface area contributed by atoms with E-state index >= 15 is 0 Å². The van der Waals surface area contributed by atoms with Crippen LogP contribution in [0, 0.1) is 0 Å². The van der Waals surface area contributed by atoms with E-state index in [-0.39, 0.29) is 12.3 Å². The van der Waals surface area contributed by atoms with E-state index in [1.807, 2.05) is 0 Å². The average molecular weight is 312 g/mol. The Bertz CT molecular complexity index is 546. The van der Waals surface area contributed by atoms with Crippen molar-refractivity contribution in [1.29, 1.82) is 0 Å². The van der Waals surface area contributed by atoms with E-state index < -0.39 is 12.0 Å². The first-order chi connectivity index (χ1) is 10.0. The Morgan fingerprint density at radius 3 is 2.86 bits per heavy atom. The fraction of sp³-hybridized carbons (Fsp3) is 0.467. The number of halogens is 1. The summed E-state index contributed by atoms with van der Waals surface area (Å²) in [4.78, 5) is 25.1. The van der Waals surface area contributed by atoms with Gasteiger partial charge < -0.3 is 14.7 Å². The van der Waals surface area contributed by atoms with Gasteiger partial charge in [-0.1, -0.05) is 11.6 Å². The molecule has 0 spiro atoms. The zero-order valence-corrected chi connectivity index (χ0v) is 12.6. The Morgan fingerprint density at radius 1 is 1.43 bits per heavy atom. The first-order valence-electron chi connectivity index (χ1n) is 6.87. The number of ether oxygens (including phenoxy) is 1. The van der Waals surface area contributed by atoms with Crippen LogP contribution in [-0.4, -0.2) is 41.6 Å². The van der Waals surface area contributed by atoms with Crippen LogP contribution in [0.1, 0.15) is 24.8 Å². The highest BCUT2D eigenvalue weighted by atomic mass is 35.5. The smallest absolute Gasteiger partial charge is 0.326 e. The highest BCUT2D eigenvalue weighted by Gasteiger charge is 2.32. The summed E-state index contributed by atoms with van der Waals surface area (Å²) >= 11 is 5.95. The molecule has 0 bridgehead atoms. The van der Waals surface area contributed by atoms with E-state index in [4.69, 9.17) is 16.3 Å². The van der Waals surface area contributed by atoms with Gasteiger partial charge in [-0.25, -0.2) is 4.79 Å². The number of methoxy groups -OCH3 is 1. The number of carbonyl (C=O) groups excluding carboxylic acids is 1. The third-order valence-electron chi connectivity index (χ3n) is 3.69. The highest BCUT2D eigenvalue weighted by molar-refractivity contribution is 6.30. The number of piperidine rings is 1. The first-order valence-corrected chi connectivity index (χ1v) is 7.25. The Morgan fingerprint density at radius 2 is 2.19 bits per heavy atom. The standard InChI is InChI=1S/C15H18ClNO4/c1-21-13-6-5-11(16)8-10(13)9-14(18)17-7-3-2-4-12(17)15(19)20/h5-6,8,12H,2-4,7,9H2,1H3,(H,19,20). The molecule has 1 atom stereocenters. The fourth-order valence-corrected chi connectivity index (χ4v) is 2.83. The molecule has 21 heavy (non-hydrogen) atoms. The molecule has 1 saturated heterocycles. The minimum Gasteiger partial charge on any atom is -0.496 e. The number of carboxylic acids is 1. The number of hydrogen-bond acceptors (Lipinski definition) is 3. The molecular weight excluding hydrogens is 294 g/mol. The third-order valence-corrected chi connectivity index (χ3v) is 3.93. The van der Waals surface area contributed by atoms with Crippen LogP contribution < -0.4 is 4.74 Å². The lowest BCUT2D eigenvalue weighted by molar-refractivity contribution is -0.151. The summed E-state index contributed by atoms with van der Waals surface area (Å²) in [5.74, 6) is -0.569. The molecule has 1 aliphatic heterocycles. The third kappa shape index (κ3) is 3.67. The van der Waals surface area contributed by atoms with Crippen molar-refractivity contribution in [1.82, 2.24) is 4.90 Å². The Balaban J connectivity index is 2.16. The monoisotopic (exact) mass is 311 g/mol. The van der Waals surface area contributed by atoms with Gasteiger partial charge >= 0.3 is 5.97 Å². The van der Waals surface area contributed by atoms with Crippen molar-refractivity contribution in [2.75, 3.05) is 13.7 Å². The summed E-state index contributed by atoms with van der Waals surface area (Å²) in [6, 6.07) is 4.35. The summed E-state index contributed by atoms with van der Waals surface area (Å²) in [5.41, 5.74) is 0.671. The number of carboxylic acid groups (broad SMARTS) is 1. The normalized spacial score (nSPS) is 18.4. The SMILES string of the molecule is COc1ccc(Cl)cc1CC(=O)N1CCCCC1C(=O)O. The van der Waals surface area contributed by atoms with Crippen LogP contribution in [0.2, 0.25) is 5.02 Å². The van der Waals surface area contributed by atoms with Crippen molar-refractivity contribution >= 4 is 23.5 Å². The lowest BCUT2D eigenvalue weighted by atomic mass is 10.0. The number of aliphatic carboxylic acids is 1. The number of nitrogens with zero attached hydrogens (tertiary/aromatic N) is 1. The van der Waals surface area contributed by atoms with Crippen molar-refractivity contribution in [2.24, 2.45) is 0 Å². The topological polar surface area (TPSA) is 66.8 Å². The van der Waals surface area contributed by atoms with Crippen LogP contribution in [0.4, 0.5) is 0 Å². The van der Waals surface area contributed by atoms with Gasteiger partial charge in [-0.05, 0) is 37.5 Å². The molecule has 114 valence electrons. The van der Waals surface area contributed by atoms with E-state index in [9.17, 15) is 14.7 Å². The molecule has 1 N–H and O–H groups in total. The van der Waals surface area contributed by atoms with E-state index in [0.29, 0.717) is 29.3 Å². The molecule has 1 aliphatic rings. The summed E-state index contributed by atoms with van der Waals surface area (Å²) in [7, 11) is 1.53. The maximum absolute atomic E-state index is 12.4. The van der Waals surface area contributed by atoms with Gasteiger partial charge in [0.1, 0.15) is 11.8 Å². The number of likely N-dealkylation sites (tertiary alicyclic amines) is 1. The van der Waals surface area contributed by atoms with Crippen LogP contribution in [-0.2, 0) is 16.0 Å². The lowest BCUT2D eigenvalue weighted by Crippen LogP contribution is -2.48. The quantitative estimate of drug-likeness (QED) is 0.927. The molecule has 5 nitrogen and oxygen atoms in total. The van der Waals surface area contributed by atoms with Gasteiger partial charge in [0.2, 0.25) is 5.91 Å². The molecule has 1 unspecified atom stereocenters. The number of carbonyl (C=O) groups is 2. The van der Waals surface area contributed by atoms with Crippen LogP contribution in [0.3, 0.4) is 0 Å². The van der Waals surface area contributed by atoms with E-state index in [1.54, 1.807) is 18.2 Å². The lowest BCUT2D eigenvalue weighted by Gasteiger charge is -2.33. The summed E-state index contributed by atoms with van der Waals surface area (Å²) in [6.45, 7) is 0.485. The molecule has 2 rings (SSSR count). The van der Waals surface area contributed by atoms with E-state index in [1.165, 1.54) is 12.0 Å². The summed E-state index contributed by atoms with van der Waals surface area (Å²) in [6.07, 6.45) is 2.27. The molecule has 1 heterocycles. The second-order valence-electron chi connectivity index (χ2n) is 5.07. The molecule has 0 radical (unpaired) electrons. The molecule has 0 aliphatic carbocycles. The largest absolute Gasteiger partial charge is 0.496 e. The minimum absolute atomic E-state index is 0.0908. The number of hydrogen-bond donors (Lipinski definition) is 1. The van der Waals surface area contributed by atoms with E-state index in [2.05, 4.69) is 0 Å². The predicted octanol–water partition coefficient (Wildman–Crippen LogP) is 2.36. The van der Waals surface area contributed by atoms with Gasteiger partial charge in [0.25, 0.3) is 0 Å². The minimum atomic E-state index is -0.943. The fourth-order valence-electron chi connectivity index (χ4n) is 2.64. The zero-order chi connectivity index (χ0) is 15.4. The van der Waals surface area contributed by atoms with Crippen LogP contribution >= 0.6 is 11.6 Å². The second kappa shape index (κ2) is 6.80. The number of amides is 1. The molecule has 1 aromatic carbocycles. The maximum atomic E-state index is 12.4. The highest BCUT2D eigenvalue weighted by Crippen LogP contribution is 2.25. The first kappa shape index (κ1) is 15.6. The van der Waals surface area contributed by atoms with Gasteiger partial charge in [-0.15, -0.1) is 0 Å². The van der Waals surface area contributed by atoms with Gasteiger partial charge in [0.05, 0.1) is 13.5 Å². The molecule has 0 aromatic heterocycles. The number of rotatable bonds is 4. The molecule has 1 amide bonds. The van der Waals surface area contributed by atoms with Crippen LogP contribution in [0.15, 0.2) is 18.2 Å². The van der Waals surface area contributed by atoms with Crippen LogP contribution in [0.25, 0.3) is 0 Å². The Labute approximate surface area is 128 Å². The molecular formula is C15H18ClNO4. The van der Waals surface area contributed by atoms with Crippen molar-refractivity contribution in [3.63, 3.8) is 0 Å². The second-order valence-corrected chi connectivity index (χ2v) is 5.51. The van der Waals surface area contributed by atoms with Gasteiger partial charge in [0, 0.05) is 17.1 Å². The predicted molar refractivity (Wildman–Crippen MR) is 78.7 cm³/mol. The van der Waals surface area contributed by atoms with Crippen molar-refractivity contribution in [3.05, 3.63) is 28.8 Å². The zero-order valence-electron chi connectivity index (χ0n) is 11.8. The molecule has 1 fully saturated rings. The van der Waals surface area contributed by atoms with Gasteiger partial charge in [-0.2, -0.15) is 0 Å². The Kier molecular flexibility index (Phi) is 5.07. The molecule has 0 saturated carbocycles. The van der Waals surface area contributed by atoms with E-state index in [0.717, 1.165) is 12.8 Å². The van der Waals surface area contributed by atoms with Gasteiger partial charge in [-0.3, -0.25) is 4.79 Å². The average Bonchev–Trinajstić information content (AvgIpc) is 2.47. The summed E-state index contributed by atoms with van der Waals surface area (Å²) in [5, 5.41) is 9.75. The Hall–Kier alpha value is -1.75. The number of benzene rings is 1. The van der Waals surface area contributed by atoms with Gasteiger partial charge in [0.15, 0.2) is 0 Å². The molecule has 6 heteroatoms. The van der Waals surface area contributed by atoms with Crippen LogP contribution in [0.5, 0.6) is 5.75 Å². The maximum Gasteiger partial charge on any atom is 0.326 e. The molecule has 1 aromatic rings. The van der Waals surface area contributed by atoms with Crippen molar-refractivity contribution < 1.29 is 19.4 Å². The van der Waals surface area contributed by atoms with Crippen molar-refractivity contribution in [3.8, 4) is 5.75 Å².